The minimum absolute atomic E-state index is 0.695. The summed E-state index contributed by atoms with van der Waals surface area (Å²) in [4.78, 5) is 2.50. The summed E-state index contributed by atoms with van der Waals surface area (Å²) in [7, 11) is 2.26. The van der Waals surface area contributed by atoms with Crippen LogP contribution in [-0.4, -0.2) is 37.1 Å². The monoisotopic (exact) mass is 238 g/mol. The molecule has 3 atom stereocenters. The zero-order valence-electron chi connectivity index (χ0n) is 12.1. The lowest BCUT2D eigenvalue weighted by molar-refractivity contribution is 0.118. The van der Waals surface area contributed by atoms with Crippen LogP contribution in [-0.2, 0) is 0 Å². The Balaban J connectivity index is 1.79. The lowest BCUT2D eigenvalue weighted by Crippen LogP contribution is -2.51. The first-order valence-corrected chi connectivity index (χ1v) is 7.50. The fraction of sp³-hybridized carbons (Fsp3) is 1.00. The van der Waals surface area contributed by atoms with Gasteiger partial charge >= 0.3 is 0 Å². The zero-order chi connectivity index (χ0) is 12.5. The summed E-state index contributed by atoms with van der Waals surface area (Å²) in [6.45, 7) is 9.60. The molecule has 2 fully saturated rings. The second kappa shape index (κ2) is 5.27. The van der Waals surface area contributed by atoms with Gasteiger partial charge in [0.05, 0.1) is 0 Å². The summed E-state index contributed by atoms with van der Waals surface area (Å²) < 4.78 is 0. The second-order valence-electron chi connectivity index (χ2n) is 6.74. The van der Waals surface area contributed by atoms with Gasteiger partial charge in [0, 0.05) is 25.2 Å². The Morgan fingerprint density at radius 3 is 2.59 bits per heavy atom. The minimum Gasteiger partial charge on any atom is -0.313 e. The van der Waals surface area contributed by atoms with Crippen LogP contribution in [0.4, 0.5) is 0 Å². The van der Waals surface area contributed by atoms with Gasteiger partial charge in [-0.2, -0.15) is 0 Å². The van der Waals surface area contributed by atoms with Crippen LogP contribution in [0.5, 0.6) is 0 Å². The van der Waals surface area contributed by atoms with Crippen molar-refractivity contribution in [3.05, 3.63) is 0 Å². The molecular weight excluding hydrogens is 208 g/mol. The number of likely N-dealkylation sites (tertiary alicyclic amines) is 1. The third kappa shape index (κ3) is 3.23. The molecule has 0 radical (unpaired) electrons. The molecule has 100 valence electrons. The summed E-state index contributed by atoms with van der Waals surface area (Å²) in [6, 6.07) is 1.49. The van der Waals surface area contributed by atoms with E-state index in [0.29, 0.717) is 5.41 Å². The summed E-state index contributed by atoms with van der Waals surface area (Å²) in [5.74, 6) is 0.800. The Morgan fingerprint density at radius 2 is 2.00 bits per heavy atom. The van der Waals surface area contributed by atoms with Crippen molar-refractivity contribution in [3.63, 3.8) is 0 Å². The molecule has 2 rings (SSSR count). The lowest BCUT2D eigenvalue weighted by Gasteiger charge is -2.40. The van der Waals surface area contributed by atoms with E-state index in [1.807, 2.05) is 0 Å². The molecule has 0 aromatic rings. The lowest BCUT2D eigenvalue weighted by atomic mass is 9.89. The van der Waals surface area contributed by atoms with Crippen molar-refractivity contribution >= 4 is 0 Å². The maximum Gasteiger partial charge on any atom is 0.0120 e. The third-order valence-electron chi connectivity index (χ3n) is 5.09. The fourth-order valence-corrected chi connectivity index (χ4v) is 3.40. The van der Waals surface area contributed by atoms with E-state index in [-0.39, 0.29) is 0 Å². The normalized spacial score (nSPS) is 37.1. The van der Waals surface area contributed by atoms with E-state index in [9.17, 15) is 0 Å². The molecule has 0 bridgehead atoms. The highest BCUT2D eigenvalue weighted by Crippen LogP contribution is 2.49. The Hall–Kier alpha value is -0.0800. The summed E-state index contributed by atoms with van der Waals surface area (Å²) in [5, 5.41) is 3.88. The van der Waals surface area contributed by atoms with Crippen LogP contribution in [0.2, 0.25) is 0 Å². The number of hydrogen-bond donors (Lipinski definition) is 1. The number of nitrogens with one attached hydrogen (secondary N) is 1. The van der Waals surface area contributed by atoms with Crippen molar-refractivity contribution in [2.75, 3.05) is 20.1 Å². The van der Waals surface area contributed by atoms with Crippen molar-refractivity contribution in [1.82, 2.24) is 10.2 Å². The van der Waals surface area contributed by atoms with Crippen molar-refractivity contribution in [1.29, 1.82) is 0 Å². The highest BCUT2D eigenvalue weighted by molar-refractivity contribution is 4.96. The molecule has 17 heavy (non-hydrogen) atoms. The average molecular weight is 238 g/mol. The third-order valence-corrected chi connectivity index (χ3v) is 5.09. The van der Waals surface area contributed by atoms with Gasteiger partial charge in [-0.15, -0.1) is 0 Å². The first kappa shape index (κ1) is 13.4. The fourth-order valence-electron chi connectivity index (χ4n) is 3.40. The zero-order valence-corrected chi connectivity index (χ0v) is 12.1. The molecule has 2 heteroatoms. The van der Waals surface area contributed by atoms with Gasteiger partial charge in [0.25, 0.3) is 0 Å². The minimum atomic E-state index is 0.695. The number of rotatable bonds is 5. The molecule has 0 aromatic heterocycles. The first-order valence-electron chi connectivity index (χ1n) is 7.50. The molecule has 1 saturated heterocycles. The van der Waals surface area contributed by atoms with Crippen LogP contribution in [0.15, 0.2) is 0 Å². The Morgan fingerprint density at radius 1 is 1.29 bits per heavy atom. The molecule has 1 aliphatic heterocycles. The van der Waals surface area contributed by atoms with Gasteiger partial charge in [0.1, 0.15) is 0 Å². The van der Waals surface area contributed by atoms with Gasteiger partial charge in [0.2, 0.25) is 0 Å². The van der Waals surface area contributed by atoms with Crippen molar-refractivity contribution in [2.24, 2.45) is 11.3 Å². The van der Waals surface area contributed by atoms with Crippen molar-refractivity contribution in [2.45, 2.75) is 65.0 Å². The molecule has 1 saturated carbocycles. The SMILES string of the molecule is CCCC1(CNC2CC(C)N(C)CC2C)CC1. The number of nitrogens with zero attached hydrogens (tertiary/aromatic N) is 1. The van der Waals surface area contributed by atoms with Crippen LogP contribution in [0.25, 0.3) is 0 Å². The van der Waals surface area contributed by atoms with E-state index >= 15 is 0 Å². The Kier molecular flexibility index (Phi) is 4.14. The predicted octanol–water partition coefficient (Wildman–Crippen LogP) is 2.89. The Labute approximate surface area is 107 Å². The van der Waals surface area contributed by atoms with E-state index in [0.717, 1.165) is 18.0 Å². The van der Waals surface area contributed by atoms with E-state index in [4.69, 9.17) is 0 Å². The smallest absolute Gasteiger partial charge is 0.0120 e. The maximum atomic E-state index is 3.88. The average Bonchev–Trinajstić information content (AvgIpc) is 3.03. The molecule has 0 amide bonds. The highest BCUT2D eigenvalue weighted by Gasteiger charge is 2.42. The molecule has 2 nitrogen and oxygen atoms in total. The first-order chi connectivity index (χ1) is 8.06. The van der Waals surface area contributed by atoms with E-state index in [2.05, 4.69) is 38.0 Å². The van der Waals surface area contributed by atoms with Gasteiger partial charge in [-0.05, 0) is 51.0 Å². The van der Waals surface area contributed by atoms with Crippen molar-refractivity contribution in [3.8, 4) is 0 Å². The van der Waals surface area contributed by atoms with E-state index in [1.165, 1.54) is 45.2 Å². The molecule has 0 aromatic carbocycles. The highest BCUT2D eigenvalue weighted by atomic mass is 15.2. The quantitative estimate of drug-likeness (QED) is 0.792. The standard InChI is InChI=1S/C15H30N2/c1-5-6-15(7-8-15)11-16-14-9-13(3)17(4)10-12(14)2/h12-14,16H,5-11H2,1-4H3. The largest absolute Gasteiger partial charge is 0.313 e. The van der Waals surface area contributed by atoms with Gasteiger partial charge < -0.3 is 10.2 Å². The van der Waals surface area contributed by atoms with Crippen LogP contribution in [0.3, 0.4) is 0 Å². The molecular formula is C15H30N2. The number of hydrogen-bond acceptors (Lipinski definition) is 2. The summed E-state index contributed by atoms with van der Waals surface area (Å²) in [5.41, 5.74) is 0.695. The van der Waals surface area contributed by atoms with Gasteiger partial charge in [0.15, 0.2) is 0 Å². The molecule has 3 unspecified atom stereocenters. The molecule has 1 aliphatic carbocycles. The molecule has 0 spiro atoms. The van der Waals surface area contributed by atoms with E-state index < -0.39 is 0 Å². The van der Waals surface area contributed by atoms with E-state index in [1.54, 1.807) is 0 Å². The number of piperidine rings is 1. The van der Waals surface area contributed by atoms with Crippen LogP contribution in [0.1, 0.15) is 52.9 Å². The molecule has 1 heterocycles. The van der Waals surface area contributed by atoms with Crippen LogP contribution in [0, 0.1) is 11.3 Å². The summed E-state index contributed by atoms with van der Waals surface area (Å²) in [6.07, 6.45) is 7.02. The maximum absolute atomic E-state index is 3.88. The van der Waals surface area contributed by atoms with Gasteiger partial charge in [-0.3, -0.25) is 0 Å². The predicted molar refractivity (Wildman–Crippen MR) is 74.2 cm³/mol. The van der Waals surface area contributed by atoms with Crippen LogP contribution >= 0.6 is 0 Å². The summed E-state index contributed by atoms with van der Waals surface area (Å²) >= 11 is 0. The molecule has 1 N–H and O–H groups in total. The van der Waals surface area contributed by atoms with Crippen LogP contribution < -0.4 is 5.32 Å². The Bertz CT molecular complexity index is 247. The topological polar surface area (TPSA) is 15.3 Å². The van der Waals surface area contributed by atoms with Crippen molar-refractivity contribution < 1.29 is 0 Å². The van der Waals surface area contributed by atoms with Gasteiger partial charge in [-0.25, -0.2) is 0 Å². The second-order valence-corrected chi connectivity index (χ2v) is 6.74. The molecule has 2 aliphatic rings. The van der Waals surface area contributed by atoms with Gasteiger partial charge in [-0.1, -0.05) is 20.3 Å².